The summed E-state index contributed by atoms with van der Waals surface area (Å²) in [6.07, 6.45) is 0. The fourth-order valence-electron chi connectivity index (χ4n) is 10.2. The molecule has 12 rings (SSSR count). The van der Waals surface area contributed by atoms with Crippen molar-refractivity contribution in [2.45, 2.75) is 19.3 Å². The molecule has 0 heterocycles. The van der Waals surface area contributed by atoms with E-state index in [-0.39, 0.29) is 5.41 Å². The molecule has 0 radical (unpaired) electrons. The molecule has 0 saturated carbocycles. The Labute approximate surface area is 321 Å². The maximum absolute atomic E-state index is 2.50. The fourth-order valence-corrected chi connectivity index (χ4v) is 10.2. The molecule has 2 aliphatic carbocycles. The lowest BCUT2D eigenvalue weighted by molar-refractivity contribution is 0.660. The summed E-state index contributed by atoms with van der Waals surface area (Å²) in [6.45, 7) is 4.76. The predicted molar refractivity (Wildman–Crippen MR) is 235 cm³/mol. The van der Waals surface area contributed by atoms with Gasteiger partial charge in [-0.2, -0.15) is 0 Å². The van der Waals surface area contributed by atoms with Gasteiger partial charge in [0.05, 0.1) is 0 Å². The molecule has 0 atom stereocenters. The van der Waals surface area contributed by atoms with E-state index in [9.17, 15) is 0 Å². The largest absolute Gasteiger partial charge is 0.0619 e. The molecule has 0 bridgehead atoms. The van der Waals surface area contributed by atoms with E-state index in [0.29, 0.717) is 0 Å². The Morgan fingerprint density at radius 3 is 1.67 bits per heavy atom. The van der Waals surface area contributed by atoms with Crippen molar-refractivity contribution in [3.8, 4) is 66.8 Å². The van der Waals surface area contributed by atoms with Crippen LogP contribution in [-0.4, -0.2) is 0 Å². The second-order valence-electron chi connectivity index (χ2n) is 16.0. The first-order chi connectivity index (χ1) is 27.0. The van der Waals surface area contributed by atoms with Crippen LogP contribution in [0.3, 0.4) is 0 Å². The SMILES string of the molecule is CC1(C)c2ccccc2-c2ccc(-c3c4ccccc4c(-c4ccc5c6c(cccc46)-c4ccccc4-5)c4ccc(-c5ccc6ccccc6c5)cc34)cc21. The van der Waals surface area contributed by atoms with Crippen molar-refractivity contribution < 1.29 is 0 Å². The Kier molecular flexibility index (Phi) is 6.21. The predicted octanol–water partition coefficient (Wildman–Crippen LogP) is 15.3. The van der Waals surface area contributed by atoms with Crippen molar-refractivity contribution in [1.29, 1.82) is 0 Å². The second kappa shape index (κ2) is 11.1. The van der Waals surface area contributed by atoms with Gasteiger partial charge in [-0.25, -0.2) is 0 Å². The minimum absolute atomic E-state index is 0.0913. The molecule has 0 nitrogen and oxygen atoms in total. The number of hydrogen-bond donors (Lipinski definition) is 0. The molecule has 0 fully saturated rings. The summed E-state index contributed by atoms with van der Waals surface area (Å²) in [5.74, 6) is 0. The molecular weight excluding hydrogens is 661 g/mol. The van der Waals surface area contributed by atoms with Gasteiger partial charge in [-0.05, 0) is 139 Å². The summed E-state index contributed by atoms with van der Waals surface area (Å²) in [5, 5.41) is 10.3. The van der Waals surface area contributed by atoms with Gasteiger partial charge < -0.3 is 0 Å². The summed E-state index contributed by atoms with van der Waals surface area (Å²) in [4.78, 5) is 0. The highest BCUT2D eigenvalue weighted by molar-refractivity contribution is 6.26. The first kappa shape index (κ1) is 30.7. The monoisotopic (exact) mass is 696 g/mol. The average molecular weight is 697 g/mol. The summed E-state index contributed by atoms with van der Waals surface area (Å²) in [6, 6.07) is 68.5. The molecule has 2 aliphatic rings. The highest BCUT2D eigenvalue weighted by Gasteiger charge is 2.35. The maximum atomic E-state index is 2.50. The third-order valence-electron chi connectivity index (χ3n) is 12.8. The number of fused-ring (bicyclic) bond motifs is 9. The van der Waals surface area contributed by atoms with Crippen LogP contribution in [0, 0.1) is 0 Å². The van der Waals surface area contributed by atoms with E-state index in [1.54, 1.807) is 0 Å². The van der Waals surface area contributed by atoms with Crippen LogP contribution in [0.15, 0.2) is 182 Å². The molecule has 55 heavy (non-hydrogen) atoms. The molecule has 0 amide bonds. The van der Waals surface area contributed by atoms with Crippen LogP contribution < -0.4 is 0 Å². The number of rotatable bonds is 3. The fraction of sp³-hybridized carbons (Fsp3) is 0.0545. The summed E-state index contributed by atoms with van der Waals surface area (Å²) < 4.78 is 0. The highest BCUT2D eigenvalue weighted by atomic mass is 14.4. The minimum atomic E-state index is -0.0913. The lowest BCUT2D eigenvalue weighted by Crippen LogP contribution is -2.14. The lowest BCUT2D eigenvalue weighted by Gasteiger charge is -2.23. The van der Waals surface area contributed by atoms with Crippen molar-refractivity contribution in [3.05, 3.63) is 193 Å². The zero-order chi connectivity index (χ0) is 36.4. The molecular formula is C55H36. The molecule has 0 unspecified atom stereocenters. The second-order valence-corrected chi connectivity index (χ2v) is 16.0. The highest BCUT2D eigenvalue weighted by Crippen LogP contribution is 2.54. The normalized spacial score (nSPS) is 13.4. The third-order valence-corrected chi connectivity index (χ3v) is 12.8. The van der Waals surface area contributed by atoms with Gasteiger partial charge in [0, 0.05) is 5.41 Å². The van der Waals surface area contributed by atoms with Crippen molar-refractivity contribution in [1.82, 2.24) is 0 Å². The maximum Gasteiger partial charge on any atom is 0.0159 e. The Bertz CT molecular complexity index is 3250. The smallest absolute Gasteiger partial charge is 0.0159 e. The van der Waals surface area contributed by atoms with Crippen LogP contribution in [0.4, 0.5) is 0 Å². The van der Waals surface area contributed by atoms with Gasteiger partial charge in [-0.15, -0.1) is 0 Å². The zero-order valence-corrected chi connectivity index (χ0v) is 30.8. The molecule has 0 aliphatic heterocycles. The van der Waals surface area contributed by atoms with Crippen LogP contribution in [0.5, 0.6) is 0 Å². The van der Waals surface area contributed by atoms with Crippen molar-refractivity contribution in [2.24, 2.45) is 0 Å². The Balaban J connectivity index is 1.18. The summed E-state index contributed by atoms with van der Waals surface area (Å²) in [5.41, 5.74) is 18.3. The Morgan fingerprint density at radius 1 is 0.291 bits per heavy atom. The summed E-state index contributed by atoms with van der Waals surface area (Å²) in [7, 11) is 0. The van der Waals surface area contributed by atoms with Gasteiger partial charge in [0.1, 0.15) is 0 Å². The number of benzene rings is 10. The van der Waals surface area contributed by atoms with Crippen molar-refractivity contribution >= 4 is 43.1 Å². The number of hydrogen-bond acceptors (Lipinski definition) is 0. The summed E-state index contributed by atoms with van der Waals surface area (Å²) >= 11 is 0. The van der Waals surface area contributed by atoms with Crippen LogP contribution in [0.1, 0.15) is 25.0 Å². The molecule has 0 heteroatoms. The molecule has 10 aromatic rings. The molecule has 0 aromatic heterocycles. The lowest BCUT2D eigenvalue weighted by atomic mass is 9.80. The van der Waals surface area contributed by atoms with E-state index >= 15 is 0 Å². The molecule has 256 valence electrons. The standard InChI is InChI=1S/C55H36/c1-55(2)50-21-10-9-16-40(50)41-26-25-37(32-51(41)55)52-43-17-7-8-18-44(43)54(47-29-28-46-39-15-6-5-14-38(39)42-19-11-20-45(47)53(42)46)48-27-24-36(31-49(48)52)35-23-22-33-12-3-4-13-34(33)30-35/h3-32H,1-2H3. The van der Waals surface area contributed by atoms with Gasteiger partial charge in [-0.3, -0.25) is 0 Å². The van der Waals surface area contributed by atoms with Crippen LogP contribution >= 0.6 is 0 Å². The van der Waals surface area contributed by atoms with E-state index in [4.69, 9.17) is 0 Å². The topological polar surface area (TPSA) is 0 Å². The van der Waals surface area contributed by atoms with E-state index < -0.39 is 0 Å². The molecule has 0 N–H and O–H groups in total. The van der Waals surface area contributed by atoms with E-state index in [2.05, 4.69) is 196 Å². The quantitative estimate of drug-likeness (QED) is 0.161. The molecule has 10 aromatic carbocycles. The average Bonchev–Trinajstić information content (AvgIpc) is 3.68. The van der Waals surface area contributed by atoms with Crippen LogP contribution in [0.2, 0.25) is 0 Å². The first-order valence-electron chi connectivity index (χ1n) is 19.4. The van der Waals surface area contributed by atoms with E-state index in [0.717, 1.165) is 0 Å². The van der Waals surface area contributed by atoms with Gasteiger partial charge >= 0.3 is 0 Å². The zero-order valence-electron chi connectivity index (χ0n) is 30.8. The van der Waals surface area contributed by atoms with E-state index in [1.165, 1.54) is 121 Å². The van der Waals surface area contributed by atoms with Gasteiger partial charge in [0.2, 0.25) is 0 Å². The Hall–Kier alpha value is -6.76. The Morgan fingerprint density at radius 2 is 0.836 bits per heavy atom. The van der Waals surface area contributed by atoms with Crippen LogP contribution in [0.25, 0.3) is 110 Å². The third kappa shape index (κ3) is 4.23. The minimum Gasteiger partial charge on any atom is -0.0619 e. The van der Waals surface area contributed by atoms with Gasteiger partial charge in [0.25, 0.3) is 0 Å². The molecule has 0 saturated heterocycles. The van der Waals surface area contributed by atoms with Crippen molar-refractivity contribution in [2.75, 3.05) is 0 Å². The van der Waals surface area contributed by atoms with Gasteiger partial charge in [-0.1, -0.05) is 178 Å². The van der Waals surface area contributed by atoms with Gasteiger partial charge in [0.15, 0.2) is 0 Å². The van der Waals surface area contributed by atoms with Crippen molar-refractivity contribution in [3.63, 3.8) is 0 Å². The van der Waals surface area contributed by atoms with Crippen LogP contribution in [-0.2, 0) is 5.41 Å². The first-order valence-corrected chi connectivity index (χ1v) is 19.4. The van der Waals surface area contributed by atoms with E-state index in [1.807, 2.05) is 0 Å². The molecule has 0 spiro atoms.